The lowest BCUT2D eigenvalue weighted by atomic mass is 9.65. The first kappa shape index (κ1) is 12.0. The first-order valence-corrected chi connectivity index (χ1v) is 5.76. The van der Waals surface area contributed by atoms with E-state index in [0.29, 0.717) is 11.5 Å². The Morgan fingerprint density at radius 3 is 2.50 bits per heavy atom. The molecule has 0 aromatic rings. The second-order valence-electron chi connectivity index (χ2n) is 5.19. The van der Waals surface area contributed by atoms with Crippen LogP contribution in [0.3, 0.4) is 0 Å². The van der Waals surface area contributed by atoms with Crippen LogP contribution in [-0.2, 0) is 4.74 Å². The first-order valence-electron chi connectivity index (χ1n) is 5.76. The zero-order valence-electron chi connectivity index (χ0n) is 10.3. The van der Waals surface area contributed by atoms with Crippen molar-refractivity contribution in [1.82, 2.24) is 5.32 Å². The Morgan fingerprint density at radius 1 is 1.36 bits per heavy atom. The van der Waals surface area contributed by atoms with E-state index in [1.54, 1.807) is 0 Å². The van der Waals surface area contributed by atoms with Gasteiger partial charge in [0.05, 0.1) is 6.10 Å². The van der Waals surface area contributed by atoms with Crippen molar-refractivity contribution >= 4 is 0 Å². The van der Waals surface area contributed by atoms with Gasteiger partial charge < -0.3 is 10.1 Å². The summed E-state index contributed by atoms with van der Waals surface area (Å²) >= 11 is 0. The molecule has 2 nitrogen and oxygen atoms in total. The number of methoxy groups -OCH3 is 1. The standard InChI is InChI=1S/C12H25NO/c1-9(2)11-8-13-7-6-12(11,4)10(3)14-5/h9-11,13H,6-8H2,1-5H3. The van der Waals surface area contributed by atoms with Gasteiger partial charge in [-0.05, 0) is 43.7 Å². The molecule has 0 bridgehead atoms. The minimum absolute atomic E-state index is 0.341. The molecule has 0 amide bonds. The van der Waals surface area contributed by atoms with E-state index < -0.39 is 0 Å². The van der Waals surface area contributed by atoms with Gasteiger partial charge in [0, 0.05) is 7.11 Å². The average molecular weight is 199 g/mol. The highest BCUT2D eigenvalue weighted by Gasteiger charge is 2.42. The van der Waals surface area contributed by atoms with Gasteiger partial charge in [-0.3, -0.25) is 0 Å². The van der Waals surface area contributed by atoms with Gasteiger partial charge in [-0.1, -0.05) is 20.8 Å². The number of ether oxygens (including phenoxy) is 1. The van der Waals surface area contributed by atoms with Crippen molar-refractivity contribution in [1.29, 1.82) is 0 Å². The molecule has 0 aromatic carbocycles. The monoisotopic (exact) mass is 199 g/mol. The minimum atomic E-state index is 0.341. The highest BCUT2D eigenvalue weighted by atomic mass is 16.5. The maximum Gasteiger partial charge on any atom is 0.0600 e. The molecule has 1 aliphatic heterocycles. The smallest absolute Gasteiger partial charge is 0.0600 e. The molecular formula is C12H25NO. The van der Waals surface area contributed by atoms with E-state index in [9.17, 15) is 0 Å². The third kappa shape index (κ3) is 2.12. The maximum absolute atomic E-state index is 5.55. The summed E-state index contributed by atoms with van der Waals surface area (Å²) in [4.78, 5) is 0. The van der Waals surface area contributed by atoms with Crippen LogP contribution in [0.25, 0.3) is 0 Å². The molecule has 14 heavy (non-hydrogen) atoms. The van der Waals surface area contributed by atoms with Gasteiger partial charge in [-0.2, -0.15) is 0 Å². The highest BCUT2D eigenvalue weighted by molar-refractivity contribution is 4.93. The van der Waals surface area contributed by atoms with E-state index >= 15 is 0 Å². The van der Waals surface area contributed by atoms with Gasteiger partial charge in [-0.15, -0.1) is 0 Å². The van der Waals surface area contributed by atoms with Crippen molar-refractivity contribution in [3.8, 4) is 0 Å². The fourth-order valence-electron chi connectivity index (χ4n) is 2.80. The van der Waals surface area contributed by atoms with Crippen molar-refractivity contribution in [3.05, 3.63) is 0 Å². The summed E-state index contributed by atoms with van der Waals surface area (Å²) in [5, 5.41) is 3.49. The lowest BCUT2D eigenvalue weighted by Crippen LogP contribution is -2.51. The molecule has 1 saturated heterocycles. The van der Waals surface area contributed by atoms with Crippen LogP contribution in [0.2, 0.25) is 0 Å². The molecule has 1 fully saturated rings. The molecule has 0 spiro atoms. The molecule has 0 saturated carbocycles. The van der Waals surface area contributed by atoms with Gasteiger partial charge in [-0.25, -0.2) is 0 Å². The molecular weight excluding hydrogens is 174 g/mol. The SMILES string of the molecule is COC(C)C1(C)CCNCC1C(C)C. The molecule has 2 heteroatoms. The van der Waals surface area contributed by atoms with E-state index in [1.807, 2.05) is 7.11 Å². The van der Waals surface area contributed by atoms with E-state index in [2.05, 4.69) is 33.0 Å². The number of hydrogen-bond acceptors (Lipinski definition) is 2. The molecule has 1 heterocycles. The largest absolute Gasteiger partial charge is 0.381 e. The second kappa shape index (κ2) is 4.63. The Balaban J connectivity index is 2.79. The summed E-state index contributed by atoms with van der Waals surface area (Å²) in [6, 6.07) is 0. The number of rotatable bonds is 3. The molecule has 0 aliphatic carbocycles. The van der Waals surface area contributed by atoms with Gasteiger partial charge in [0.15, 0.2) is 0 Å². The lowest BCUT2D eigenvalue weighted by Gasteiger charge is -2.47. The maximum atomic E-state index is 5.55. The van der Waals surface area contributed by atoms with Crippen LogP contribution >= 0.6 is 0 Å². The molecule has 3 unspecified atom stereocenters. The Morgan fingerprint density at radius 2 is 2.00 bits per heavy atom. The molecule has 0 radical (unpaired) electrons. The highest BCUT2D eigenvalue weighted by Crippen LogP contribution is 2.41. The van der Waals surface area contributed by atoms with Crippen molar-refractivity contribution in [2.75, 3.05) is 20.2 Å². The molecule has 0 aromatic heterocycles. The summed E-state index contributed by atoms with van der Waals surface area (Å²) < 4.78 is 5.55. The van der Waals surface area contributed by atoms with Gasteiger partial charge in [0.1, 0.15) is 0 Å². The third-order valence-electron chi connectivity index (χ3n) is 4.14. The lowest BCUT2D eigenvalue weighted by molar-refractivity contribution is -0.0557. The predicted octanol–water partition coefficient (Wildman–Crippen LogP) is 2.29. The third-order valence-corrected chi connectivity index (χ3v) is 4.14. The van der Waals surface area contributed by atoms with Gasteiger partial charge >= 0.3 is 0 Å². The molecule has 84 valence electrons. The van der Waals surface area contributed by atoms with E-state index in [0.717, 1.165) is 24.9 Å². The summed E-state index contributed by atoms with van der Waals surface area (Å²) in [6.45, 7) is 11.5. The van der Waals surface area contributed by atoms with E-state index in [-0.39, 0.29) is 0 Å². The molecule has 3 atom stereocenters. The van der Waals surface area contributed by atoms with E-state index in [4.69, 9.17) is 4.74 Å². The Bertz CT molecular complexity index is 181. The van der Waals surface area contributed by atoms with Crippen LogP contribution in [0.5, 0.6) is 0 Å². The number of hydrogen-bond donors (Lipinski definition) is 1. The molecule has 1 N–H and O–H groups in total. The van der Waals surface area contributed by atoms with Gasteiger partial charge in [0.2, 0.25) is 0 Å². The quantitative estimate of drug-likeness (QED) is 0.753. The normalized spacial score (nSPS) is 36.0. The first-order chi connectivity index (χ1) is 6.52. The zero-order valence-corrected chi connectivity index (χ0v) is 10.3. The second-order valence-corrected chi connectivity index (χ2v) is 5.19. The van der Waals surface area contributed by atoms with E-state index in [1.165, 1.54) is 6.42 Å². The topological polar surface area (TPSA) is 21.3 Å². The average Bonchev–Trinajstić information content (AvgIpc) is 2.16. The number of piperidine rings is 1. The fourth-order valence-corrected chi connectivity index (χ4v) is 2.80. The van der Waals surface area contributed by atoms with Crippen molar-refractivity contribution in [3.63, 3.8) is 0 Å². The van der Waals surface area contributed by atoms with Gasteiger partial charge in [0.25, 0.3) is 0 Å². The van der Waals surface area contributed by atoms with Crippen LogP contribution in [0.15, 0.2) is 0 Å². The molecule has 1 aliphatic rings. The Labute approximate surface area is 88.4 Å². The predicted molar refractivity (Wildman–Crippen MR) is 60.4 cm³/mol. The number of nitrogens with one attached hydrogen (secondary N) is 1. The van der Waals surface area contributed by atoms with Crippen LogP contribution in [-0.4, -0.2) is 26.3 Å². The summed E-state index contributed by atoms with van der Waals surface area (Å²) in [7, 11) is 1.83. The summed E-state index contributed by atoms with van der Waals surface area (Å²) in [6.07, 6.45) is 1.59. The van der Waals surface area contributed by atoms with Crippen molar-refractivity contribution in [2.45, 2.75) is 40.2 Å². The zero-order chi connectivity index (χ0) is 10.8. The fraction of sp³-hybridized carbons (Fsp3) is 1.00. The van der Waals surface area contributed by atoms with Crippen LogP contribution in [0.1, 0.15) is 34.1 Å². The Kier molecular flexibility index (Phi) is 3.96. The van der Waals surface area contributed by atoms with Crippen LogP contribution in [0.4, 0.5) is 0 Å². The van der Waals surface area contributed by atoms with Crippen LogP contribution < -0.4 is 5.32 Å². The minimum Gasteiger partial charge on any atom is -0.381 e. The molecule has 1 rings (SSSR count). The van der Waals surface area contributed by atoms with Crippen molar-refractivity contribution in [2.24, 2.45) is 17.3 Å². The summed E-state index contributed by atoms with van der Waals surface area (Å²) in [5.74, 6) is 1.46. The van der Waals surface area contributed by atoms with Crippen LogP contribution in [0, 0.1) is 17.3 Å². The summed E-state index contributed by atoms with van der Waals surface area (Å²) in [5.41, 5.74) is 0.341. The Hall–Kier alpha value is -0.0800. The van der Waals surface area contributed by atoms with Crippen molar-refractivity contribution < 1.29 is 4.74 Å².